The highest BCUT2D eigenvalue weighted by Crippen LogP contribution is 2.36. The van der Waals surface area contributed by atoms with Crippen molar-refractivity contribution >= 4 is 28.6 Å². The average Bonchev–Trinajstić information content (AvgIpc) is 3.18. The molecule has 0 radical (unpaired) electrons. The molecule has 0 bridgehead atoms. The number of aliphatic imine (C=N–C) groups is 1. The number of fused-ring (bicyclic) bond motifs is 1. The quantitative estimate of drug-likeness (QED) is 0.424. The van der Waals surface area contributed by atoms with Crippen LogP contribution in [0.2, 0.25) is 0 Å². The van der Waals surface area contributed by atoms with Crippen LogP contribution < -0.4 is 5.73 Å². The van der Waals surface area contributed by atoms with Crippen LogP contribution in [0.4, 0.5) is 5.69 Å². The Hall–Kier alpha value is -3.86. The zero-order valence-corrected chi connectivity index (χ0v) is 18.5. The van der Waals surface area contributed by atoms with Crippen molar-refractivity contribution in [3.05, 3.63) is 90.0 Å². The summed E-state index contributed by atoms with van der Waals surface area (Å²) in [5.74, 6) is 0. The maximum Gasteiger partial charge on any atom is 0.134 e. The number of aromatic nitrogens is 1. The lowest BCUT2D eigenvalue weighted by atomic mass is 9.97. The van der Waals surface area contributed by atoms with Crippen molar-refractivity contribution in [2.45, 2.75) is 33.0 Å². The molecule has 2 aromatic carbocycles. The van der Waals surface area contributed by atoms with Crippen LogP contribution in [0.25, 0.3) is 27.8 Å². The van der Waals surface area contributed by atoms with Gasteiger partial charge >= 0.3 is 0 Å². The first-order chi connectivity index (χ1) is 15.5. The molecule has 0 fully saturated rings. The zero-order valence-electron chi connectivity index (χ0n) is 18.5. The number of allylic oxidation sites excluding steroid dienone is 1. The van der Waals surface area contributed by atoms with Gasteiger partial charge in [0.05, 0.1) is 18.0 Å². The van der Waals surface area contributed by atoms with Crippen LogP contribution in [0.3, 0.4) is 0 Å². The Balaban J connectivity index is 1.53. The van der Waals surface area contributed by atoms with E-state index in [9.17, 15) is 0 Å². The standard InChI is InChI=1S/C27H26N4O/c1-17-16-32-27-8-7-22(13-25(17)27)26-9-10-30-19(3)31(26)18(2)20-5-4-6-21(11-20)23-12-24(28)15-29-14-23/h4-16,18-19H,28H2,1-3H3/t18-,19?/m0/s1. The lowest BCUT2D eigenvalue weighted by Gasteiger charge is -2.38. The second-order valence-electron chi connectivity index (χ2n) is 8.33. The van der Waals surface area contributed by atoms with E-state index in [0.717, 1.165) is 38.9 Å². The highest BCUT2D eigenvalue weighted by molar-refractivity contribution is 5.90. The van der Waals surface area contributed by atoms with Crippen LogP contribution >= 0.6 is 0 Å². The van der Waals surface area contributed by atoms with Gasteiger partial charge in [0, 0.05) is 35.3 Å². The molecule has 5 nitrogen and oxygen atoms in total. The molecule has 2 N–H and O–H groups in total. The van der Waals surface area contributed by atoms with Gasteiger partial charge in [0.15, 0.2) is 0 Å². The monoisotopic (exact) mass is 422 g/mol. The van der Waals surface area contributed by atoms with Crippen molar-refractivity contribution in [2.75, 3.05) is 5.73 Å². The summed E-state index contributed by atoms with van der Waals surface area (Å²) in [7, 11) is 0. The second-order valence-corrected chi connectivity index (χ2v) is 8.33. The first-order valence-corrected chi connectivity index (χ1v) is 10.8. The van der Waals surface area contributed by atoms with Crippen molar-refractivity contribution < 1.29 is 4.42 Å². The Kier molecular flexibility index (Phi) is 5.02. The highest BCUT2D eigenvalue weighted by Gasteiger charge is 2.26. The van der Waals surface area contributed by atoms with Gasteiger partial charge in [-0.05, 0) is 79.4 Å². The molecular formula is C27H26N4O. The number of nitrogen functional groups attached to an aromatic ring is 1. The number of aryl methyl sites for hydroxylation is 1. The molecule has 2 atom stereocenters. The predicted molar refractivity (Wildman–Crippen MR) is 131 cm³/mol. The number of hydrogen-bond donors (Lipinski definition) is 1. The van der Waals surface area contributed by atoms with Gasteiger partial charge in [0.2, 0.25) is 0 Å². The van der Waals surface area contributed by atoms with Crippen molar-refractivity contribution in [1.82, 2.24) is 9.88 Å². The largest absolute Gasteiger partial charge is 0.464 e. The number of furan rings is 1. The third kappa shape index (κ3) is 3.56. The second kappa shape index (κ2) is 8.00. The van der Waals surface area contributed by atoms with Gasteiger partial charge < -0.3 is 15.1 Å². The van der Waals surface area contributed by atoms with Crippen molar-refractivity contribution in [2.24, 2.45) is 4.99 Å². The number of anilines is 1. The molecule has 3 heterocycles. The number of benzene rings is 2. The Bertz CT molecular complexity index is 1350. The first-order valence-electron chi connectivity index (χ1n) is 10.8. The Morgan fingerprint density at radius 1 is 1.03 bits per heavy atom. The summed E-state index contributed by atoms with van der Waals surface area (Å²) in [5, 5.41) is 1.14. The Morgan fingerprint density at radius 2 is 1.91 bits per heavy atom. The molecule has 0 saturated carbocycles. The molecule has 0 amide bonds. The SMILES string of the molecule is Cc1coc2ccc(C3=CC=NC(C)N3[C@@H](C)c3cccc(-c4cncc(N)c4)c3)cc12. The van der Waals surface area contributed by atoms with E-state index >= 15 is 0 Å². The molecular weight excluding hydrogens is 396 g/mol. The van der Waals surface area contributed by atoms with Crippen LogP contribution in [-0.2, 0) is 0 Å². The maximum atomic E-state index is 5.95. The van der Waals surface area contributed by atoms with E-state index < -0.39 is 0 Å². The van der Waals surface area contributed by atoms with Crippen LogP contribution in [0, 0.1) is 6.92 Å². The zero-order chi connectivity index (χ0) is 22.2. The molecule has 0 saturated heterocycles. The molecule has 4 aromatic rings. The van der Waals surface area contributed by atoms with Gasteiger partial charge in [-0.3, -0.25) is 9.98 Å². The molecule has 5 heteroatoms. The molecule has 0 spiro atoms. The fourth-order valence-corrected chi connectivity index (χ4v) is 4.44. The average molecular weight is 423 g/mol. The van der Waals surface area contributed by atoms with E-state index in [2.05, 4.69) is 78.1 Å². The predicted octanol–water partition coefficient (Wildman–Crippen LogP) is 6.22. The number of nitrogens with zero attached hydrogens (tertiary/aromatic N) is 3. The first kappa shape index (κ1) is 20.1. The van der Waals surface area contributed by atoms with Gasteiger partial charge in [-0.25, -0.2) is 0 Å². The summed E-state index contributed by atoms with van der Waals surface area (Å²) in [6, 6.07) is 17.0. The molecule has 5 rings (SSSR count). The minimum Gasteiger partial charge on any atom is -0.464 e. The minimum atomic E-state index is 0.0174. The molecule has 2 aromatic heterocycles. The summed E-state index contributed by atoms with van der Waals surface area (Å²) in [6.07, 6.45) is 9.35. The van der Waals surface area contributed by atoms with Crippen LogP contribution in [-0.4, -0.2) is 22.3 Å². The number of hydrogen-bond acceptors (Lipinski definition) is 5. The third-order valence-electron chi connectivity index (χ3n) is 6.16. The van der Waals surface area contributed by atoms with Gasteiger partial charge in [-0.2, -0.15) is 0 Å². The topological polar surface area (TPSA) is 67.7 Å². The van der Waals surface area contributed by atoms with Gasteiger partial charge in [0.25, 0.3) is 0 Å². The fourth-order valence-electron chi connectivity index (χ4n) is 4.44. The molecule has 32 heavy (non-hydrogen) atoms. The van der Waals surface area contributed by atoms with E-state index in [-0.39, 0.29) is 12.2 Å². The number of rotatable bonds is 4. The molecule has 1 unspecified atom stereocenters. The van der Waals surface area contributed by atoms with Crippen LogP contribution in [0.5, 0.6) is 0 Å². The number of nitrogens with two attached hydrogens (primary N) is 1. The highest BCUT2D eigenvalue weighted by atomic mass is 16.3. The van der Waals surface area contributed by atoms with Gasteiger partial charge in [-0.15, -0.1) is 0 Å². The molecule has 0 aliphatic carbocycles. The summed E-state index contributed by atoms with van der Waals surface area (Å²) in [5.41, 5.74) is 14.3. The number of pyridine rings is 1. The lowest BCUT2D eigenvalue weighted by molar-refractivity contribution is 0.252. The van der Waals surface area contributed by atoms with Crippen molar-refractivity contribution in [1.29, 1.82) is 0 Å². The lowest BCUT2D eigenvalue weighted by Crippen LogP contribution is -2.34. The smallest absolute Gasteiger partial charge is 0.134 e. The maximum absolute atomic E-state index is 5.95. The Labute approximate surface area is 187 Å². The normalized spacial score (nSPS) is 16.9. The van der Waals surface area contributed by atoms with Crippen LogP contribution in [0.15, 0.2) is 82.7 Å². The summed E-state index contributed by atoms with van der Waals surface area (Å²) >= 11 is 0. The minimum absolute atomic E-state index is 0.0174. The van der Waals surface area contributed by atoms with E-state index in [1.54, 1.807) is 6.20 Å². The summed E-state index contributed by atoms with van der Waals surface area (Å²) in [6.45, 7) is 6.43. The van der Waals surface area contributed by atoms with E-state index in [1.165, 1.54) is 5.56 Å². The van der Waals surface area contributed by atoms with Gasteiger partial charge in [0.1, 0.15) is 11.7 Å². The summed E-state index contributed by atoms with van der Waals surface area (Å²) < 4.78 is 5.65. The fraction of sp³-hybridized carbons (Fsp3) is 0.185. The molecule has 1 aliphatic heterocycles. The summed E-state index contributed by atoms with van der Waals surface area (Å²) in [4.78, 5) is 11.3. The van der Waals surface area contributed by atoms with Crippen molar-refractivity contribution in [3.8, 4) is 11.1 Å². The Morgan fingerprint density at radius 3 is 2.75 bits per heavy atom. The van der Waals surface area contributed by atoms with Crippen molar-refractivity contribution in [3.63, 3.8) is 0 Å². The van der Waals surface area contributed by atoms with Gasteiger partial charge in [-0.1, -0.05) is 18.2 Å². The van der Waals surface area contributed by atoms with Crippen LogP contribution in [0.1, 0.15) is 36.6 Å². The van der Waals surface area contributed by atoms with E-state index in [0.29, 0.717) is 5.69 Å². The molecule has 1 aliphatic rings. The third-order valence-corrected chi connectivity index (χ3v) is 6.16. The van der Waals surface area contributed by atoms with E-state index in [4.69, 9.17) is 10.2 Å². The molecule has 160 valence electrons. The van der Waals surface area contributed by atoms with E-state index in [1.807, 2.05) is 30.8 Å².